The molecule has 2 aromatic rings. The van der Waals surface area contributed by atoms with E-state index in [1.54, 1.807) is 29.0 Å². The largest absolute Gasteiger partial charge is 0.491 e. The SMILES string of the molecule is CC(=O)N(C)Cc1ccc2c(c1)CN(C(=O)c1ccccc1F)CCO2. The molecule has 0 atom stereocenters. The maximum absolute atomic E-state index is 14.0. The Balaban J connectivity index is 1.83. The molecule has 1 aliphatic heterocycles. The van der Waals surface area contributed by atoms with Gasteiger partial charge < -0.3 is 14.5 Å². The summed E-state index contributed by atoms with van der Waals surface area (Å²) in [7, 11) is 1.73. The second-order valence-corrected chi connectivity index (χ2v) is 6.37. The zero-order valence-electron chi connectivity index (χ0n) is 14.9. The van der Waals surface area contributed by atoms with Crippen LogP contribution >= 0.6 is 0 Å². The Morgan fingerprint density at radius 1 is 1.23 bits per heavy atom. The van der Waals surface area contributed by atoms with E-state index in [9.17, 15) is 14.0 Å². The maximum Gasteiger partial charge on any atom is 0.257 e. The first-order valence-corrected chi connectivity index (χ1v) is 8.46. The number of ether oxygens (including phenoxy) is 1. The van der Waals surface area contributed by atoms with E-state index >= 15 is 0 Å². The first-order valence-electron chi connectivity index (χ1n) is 8.46. The van der Waals surface area contributed by atoms with Gasteiger partial charge in [0.05, 0.1) is 12.1 Å². The van der Waals surface area contributed by atoms with E-state index in [-0.39, 0.29) is 17.4 Å². The molecule has 26 heavy (non-hydrogen) atoms. The molecular weight excluding hydrogens is 335 g/mol. The third-order valence-electron chi connectivity index (χ3n) is 4.45. The minimum absolute atomic E-state index is 0.0208. The summed E-state index contributed by atoms with van der Waals surface area (Å²) in [6, 6.07) is 11.7. The third kappa shape index (κ3) is 3.85. The summed E-state index contributed by atoms with van der Waals surface area (Å²) in [6.45, 7) is 3.05. The fourth-order valence-electron chi connectivity index (χ4n) is 2.91. The average Bonchev–Trinajstić information content (AvgIpc) is 2.83. The Morgan fingerprint density at radius 2 is 2.00 bits per heavy atom. The van der Waals surface area contributed by atoms with Crippen molar-refractivity contribution < 1.29 is 18.7 Å². The van der Waals surface area contributed by atoms with Crippen molar-refractivity contribution >= 4 is 11.8 Å². The normalized spacial score (nSPS) is 13.4. The van der Waals surface area contributed by atoms with Crippen LogP contribution in [0.4, 0.5) is 4.39 Å². The van der Waals surface area contributed by atoms with Gasteiger partial charge in [-0.1, -0.05) is 18.2 Å². The zero-order valence-corrected chi connectivity index (χ0v) is 14.9. The van der Waals surface area contributed by atoms with Gasteiger partial charge in [0, 0.05) is 32.6 Å². The highest BCUT2D eigenvalue weighted by Crippen LogP contribution is 2.26. The number of fused-ring (bicyclic) bond motifs is 1. The molecule has 1 aliphatic rings. The van der Waals surface area contributed by atoms with Gasteiger partial charge in [-0.05, 0) is 29.8 Å². The molecule has 0 saturated carbocycles. The highest BCUT2D eigenvalue weighted by molar-refractivity contribution is 5.94. The molecule has 1 heterocycles. The molecule has 136 valence electrons. The van der Waals surface area contributed by atoms with Crippen LogP contribution in [0.15, 0.2) is 42.5 Å². The number of carbonyl (C=O) groups is 2. The van der Waals surface area contributed by atoms with Crippen molar-refractivity contribution in [1.82, 2.24) is 9.80 Å². The fourth-order valence-corrected chi connectivity index (χ4v) is 2.91. The van der Waals surface area contributed by atoms with Gasteiger partial charge in [-0.2, -0.15) is 0 Å². The Hall–Kier alpha value is -2.89. The van der Waals surface area contributed by atoms with Crippen LogP contribution < -0.4 is 4.74 Å². The van der Waals surface area contributed by atoms with E-state index in [1.807, 2.05) is 18.2 Å². The number of hydrogen-bond acceptors (Lipinski definition) is 3. The summed E-state index contributed by atoms with van der Waals surface area (Å²) in [6.07, 6.45) is 0. The molecule has 0 aromatic heterocycles. The lowest BCUT2D eigenvalue weighted by atomic mass is 10.1. The van der Waals surface area contributed by atoms with Crippen LogP contribution in [0.1, 0.15) is 28.4 Å². The van der Waals surface area contributed by atoms with E-state index in [1.165, 1.54) is 19.1 Å². The van der Waals surface area contributed by atoms with Crippen LogP contribution in [0, 0.1) is 5.82 Å². The quantitative estimate of drug-likeness (QED) is 0.850. The molecule has 0 bridgehead atoms. The van der Waals surface area contributed by atoms with Crippen molar-refractivity contribution in [1.29, 1.82) is 0 Å². The summed E-state index contributed by atoms with van der Waals surface area (Å²) in [5, 5.41) is 0. The third-order valence-corrected chi connectivity index (χ3v) is 4.45. The van der Waals surface area contributed by atoms with Gasteiger partial charge in [-0.15, -0.1) is 0 Å². The average molecular weight is 356 g/mol. The van der Waals surface area contributed by atoms with Crippen LogP contribution in [0.3, 0.4) is 0 Å². The zero-order chi connectivity index (χ0) is 18.7. The lowest BCUT2D eigenvalue weighted by Gasteiger charge is -2.21. The summed E-state index contributed by atoms with van der Waals surface area (Å²) in [5.74, 6) is -0.193. The fraction of sp³-hybridized carbons (Fsp3) is 0.300. The molecule has 0 radical (unpaired) electrons. The Bertz CT molecular complexity index is 838. The van der Waals surface area contributed by atoms with Crippen LogP contribution in [-0.2, 0) is 17.9 Å². The van der Waals surface area contributed by atoms with Gasteiger partial charge >= 0.3 is 0 Å². The van der Waals surface area contributed by atoms with Gasteiger partial charge in [0.25, 0.3) is 5.91 Å². The molecule has 2 aromatic carbocycles. The Morgan fingerprint density at radius 3 is 2.73 bits per heavy atom. The van der Waals surface area contributed by atoms with E-state index in [4.69, 9.17) is 4.74 Å². The molecule has 6 heteroatoms. The molecule has 0 fully saturated rings. The number of hydrogen-bond donors (Lipinski definition) is 0. The first kappa shape index (κ1) is 17.9. The lowest BCUT2D eigenvalue weighted by Crippen LogP contribution is -2.33. The van der Waals surface area contributed by atoms with Gasteiger partial charge in [0.2, 0.25) is 5.91 Å². The topological polar surface area (TPSA) is 49.9 Å². The second kappa shape index (κ2) is 7.56. The van der Waals surface area contributed by atoms with Crippen molar-refractivity contribution in [2.75, 3.05) is 20.2 Å². The molecule has 0 unspecified atom stereocenters. The summed E-state index contributed by atoms with van der Waals surface area (Å²) in [4.78, 5) is 27.3. The van der Waals surface area contributed by atoms with Crippen molar-refractivity contribution in [2.24, 2.45) is 0 Å². The van der Waals surface area contributed by atoms with Crippen LogP contribution in [-0.4, -0.2) is 41.8 Å². The van der Waals surface area contributed by atoms with Crippen LogP contribution in [0.25, 0.3) is 0 Å². The second-order valence-electron chi connectivity index (χ2n) is 6.37. The lowest BCUT2D eigenvalue weighted by molar-refractivity contribution is -0.128. The number of rotatable bonds is 3. The van der Waals surface area contributed by atoms with Crippen LogP contribution in [0.2, 0.25) is 0 Å². The minimum Gasteiger partial charge on any atom is -0.491 e. The Kier molecular flexibility index (Phi) is 5.21. The highest BCUT2D eigenvalue weighted by Gasteiger charge is 2.23. The highest BCUT2D eigenvalue weighted by atomic mass is 19.1. The molecule has 0 aliphatic carbocycles. The van der Waals surface area contributed by atoms with Crippen molar-refractivity contribution in [3.05, 3.63) is 65.0 Å². The van der Waals surface area contributed by atoms with E-state index in [0.717, 1.165) is 11.1 Å². The number of halogens is 1. The number of amides is 2. The molecule has 3 rings (SSSR count). The summed E-state index contributed by atoms with van der Waals surface area (Å²) < 4.78 is 19.7. The van der Waals surface area contributed by atoms with Gasteiger partial charge in [-0.25, -0.2) is 4.39 Å². The molecule has 0 N–H and O–H groups in total. The molecule has 2 amide bonds. The van der Waals surface area contributed by atoms with Gasteiger partial charge in [0.1, 0.15) is 18.2 Å². The van der Waals surface area contributed by atoms with Crippen molar-refractivity contribution in [3.63, 3.8) is 0 Å². The van der Waals surface area contributed by atoms with Crippen molar-refractivity contribution in [3.8, 4) is 5.75 Å². The predicted octanol–water partition coefficient (Wildman–Crippen LogP) is 2.84. The standard InChI is InChI=1S/C20H21FN2O3/c1-14(24)22(2)12-15-7-8-19-16(11-15)13-23(9-10-26-19)20(25)17-5-3-4-6-18(17)21/h3-8,11H,9-10,12-13H2,1-2H3. The smallest absolute Gasteiger partial charge is 0.257 e. The number of carbonyl (C=O) groups excluding carboxylic acids is 2. The summed E-state index contributed by atoms with van der Waals surface area (Å²) in [5.41, 5.74) is 1.86. The molecular formula is C20H21FN2O3. The molecule has 5 nitrogen and oxygen atoms in total. The van der Waals surface area contributed by atoms with Crippen molar-refractivity contribution in [2.45, 2.75) is 20.0 Å². The van der Waals surface area contributed by atoms with Gasteiger partial charge in [0.15, 0.2) is 0 Å². The van der Waals surface area contributed by atoms with E-state index < -0.39 is 5.82 Å². The van der Waals surface area contributed by atoms with Gasteiger partial charge in [-0.3, -0.25) is 9.59 Å². The predicted molar refractivity (Wildman–Crippen MR) is 95.2 cm³/mol. The minimum atomic E-state index is -0.528. The first-order chi connectivity index (χ1) is 12.5. The monoisotopic (exact) mass is 356 g/mol. The van der Waals surface area contributed by atoms with E-state index in [2.05, 4.69) is 0 Å². The summed E-state index contributed by atoms with van der Waals surface area (Å²) >= 11 is 0. The molecule has 0 saturated heterocycles. The molecule has 0 spiro atoms. The maximum atomic E-state index is 14.0. The van der Waals surface area contributed by atoms with Crippen LogP contribution in [0.5, 0.6) is 5.75 Å². The Labute approximate surface area is 152 Å². The number of benzene rings is 2. The van der Waals surface area contributed by atoms with E-state index in [0.29, 0.717) is 32.0 Å². The number of nitrogens with zero attached hydrogens (tertiary/aromatic N) is 2.